The van der Waals surface area contributed by atoms with E-state index in [0.29, 0.717) is 11.1 Å². The molecule has 4 nitrogen and oxygen atoms in total. The second kappa shape index (κ2) is 8.63. The minimum Gasteiger partial charge on any atom is -0.506 e. The number of hydrazone groups is 1. The third kappa shape index (κ3) is 6.15. The number of nitrogens with one attached hydrogen (secondary N) is 1. The van der Waals surface area contributed by atoms with Gasteiger partial charge in [0.1, 0.15) is 5.75 Å². The number of aryl methyl sites for hydroxylation is 2. The Hall–Kier alpha value is -2.25. The molecule has 0 heterocycles. The van der Waals surface area contributed by atoms with Gasteiger partial charge in [-0.05, 0) is 43.2 Å². The van der Waals surface area contributed by atoms with Crippen molar-refractivity contribution in [1.82, 2.24) is 5.43 Å². The second-order valence-corrected chi connectivity index (χ2v) is 6.67. The molecular formula is C18H15Cl2F3N2O2. The summed E-state index contributed by atoms with van der Waals surface area (Å²) in [6.07, 6.45) is -3.20. The van der Waals surface area contributed by atoms with Gasteiger partial charge in [0.2, 0.25) is 5.91 Å². The van der Waals surface area contributed by atoms with Crippen LogP contribution in [-0.4, -0.2) is 17.2 Å². The maximum Gasteiger partial charge on any atom is 0.416 e. The van der Waals surface area contributed by atoms with Gasteiger partial charge in [0.25, 0.3) is 0 Å². The first-order chi connectivity index (χ1) is 12.6. The lowest BCUT2D eigenvalue weighted by Crippen LogP contribution is -2.18. The van der Waals surface area contributed by atoms with Crippen LogP contribution in [0.3, 0.4) is 0 Å². The maximum absolute atomic E-state index is 12.8. The highest BCUT2D eigenvalue weighted by molar-refractivity contribution is 6.36. The SMILES string of the molecule is Cc1cc(CCC(=O)N/N=C/c2cc(Cl)cc(Cl)c2O)cc(C(F)(F)F)c1. The van der Waals surface area contributed by atoms with Crippen molar-refractivity contribution in [2.24, 2.45) is 5.10 Å². The van der Waals surface area contributed by atoms with E-state index < -0.39 is 17.6 Å². The van der Waals surface area contributed by atoms with Gasteiger partial charge in [-0.2, -0.15) is 18.3 Å². The van der Waals surface area contributed by atoms with Crippen LogP contribution in [0.2, 0.25) is 10.0 Å². The van der Waals surface area contributed by atoms with Crippen molar-refractivity contribution < 1.29 is 23.1 Å². The van der Waals surface area contributed by atoms with Crippen LogP contribution in [0.25, 0.3) is 0 Å². The number of aromatic hydroxyl groups is 1. The molecule has 0 atom stereocenters. The summed E-state index contributed by atoms with van der Waals surface area (Å²) in [5.74, 6) is -0.729. The van der Waals surface area contributed by atoms with E-state index in [0.717, 1.165) is 12.1 Å². The predicted octanol–water partition coefficient (Wildman–Crippen LogP) is 5.11. The van der Waals surface area contributed by atoms with E-state index in [1.54, 1.807) is 13.0 Å². The van der Waals surface area contributed by atoms with E-state index in [9.17, 15) is 23.1 Å². The van der Waals surface area contributed by atoms with Gasteiger partial charge in [-0.25, -0.2) is 5.43 Å². The molecule has 0 spiro atoms. The zero-order chi connectivity index (χ0) is 20.2. The number of hydrogen-bond donors (Lipinski definition) is 2. The molecule has 1 amide bonds. The molecule has 2 aromatic rings. The highest BCUT2D eigenvalue weighted by Crippen LogP contribution is 2.31. The molecule has 0 aliphatic rings. The number of carbonyl (C=O) groups is 1. The van der Waals surface area contributed by atoms with Crippen LogP contribution in [0.15, 0.2) is 35.4 Å². The average Bonchev–Trinajstić information content (AvgIpc) is 2.56. The van der Waals surface area contributed by atoms with Gasteiger partial charge in [0.05, 0.1) is 16.8 Å². The van der Waals surface area contributed by atoms with E-state index in [1.165, 1.54) is 18.3 Å². The smallest absolute Gasteiger partial charge is 0.416 e. The second-order valence-electron chi connectivity index (χ2n) is 5.82. The third-order valence-electron chi connectivity index (χ3n) is 3.56. The highest BCUT2D eigenvalue weighted by Gasteiger charge is 2.30. The molecule has 0 saturated heterocycles. The predicted molar refractivity (Wildman–Crippen MR) is 98.4 cm³/mol. The van der Waals surface area contributed by atoms with Crippen LogP contribution in [0, 0.1) is 6.92 Å². The van der Waals surface area contributed by atoms with E-state index in [4.69, 9.17) is 23.2 Å². The van der Waals surface area contributed by atoms with Gasteiger partial charge in [-0.1, -0.05) is 34.8 Å². The van der Waals surface area contributed by atoms with E-state index in [2.05, 4.69) is 10.5 Å². The van der Waals surface area contributed by atoms with Gasteiger partial charge in [-0.15, -0.1) is 0 Å². The van der Waals surface area contributed by atoms with E-state index in [-0.39, 0.29) is 34.2 Å². The van der Waals surface area contributed by atoms with E-state index >= 15 is 0 Å². The molecule has 144 valence electrons. The zero-order valence-electron chi connectivity index (χ0n) is 14.1. The summed E-state index contributed by atoms with van der Waals surface area (Å²) >= 11 is 11.6. The summed E-state index contributed by atoms with van der Waals surface area (Å²) < 4.78 is 38.5. The Labute approximate surface area is 163 Å². The Bertz CT molecular complexity index is 884. The van der Waals surface area contributed by atoms with Crippen LogP contribution in [-0.2, 0) is 17.4 Å². The molecule has 27 heavy (non-hydrogen) atoms. The molecule has 2 aromatic carbocycles. The van der Waals surface area contributed by atoms with Crippen molar-refractivity contribution in [1.29, 1.82) is 0 Å². The van der Waals surface area contributed by atoms with Gasteiger partial charge >= 0.3 is 6.18 Å². The van der Waals surface area contributed by atoms with Gasteiger partial charge in [0, 0.05) is 17.0 Å². The molecule has 0 aliphatic heterocycles. The van der Waals surface area contributed by atoms with Crippen molar-refractivity contribution >= 4 is 35.3 Å². The third-order valence-corrected chi connectivity index (χ3v) is 4.06. The van der Waals surface area contributed by atoms with Crippen molar-refractivity contribution in [2.75, 3.05) is 0 Å². The highest BCUT2D eigenvalue weighted by atomic mass is 35.5. The Balaban J connectivity index is 1.97. The van der Waals surface area contributed by atoms with E-state index in [1.807, 2.05) is 0 Å². The number of rotatable bonds is 5. The first kappa shape index (κ1) is 21.1. The van der Waals surface area contributed by atoms with Crippen LogP contribution >= 0.6 is 23.2 Å². The Morgan fingerprint density at radius 3 is 2.59 bits per heavy atom. The fourth-order valence-corrected chi connectivity index (χ4v) is 2.85. The van der Waals surface area contributed by atoms with Crippen LogP contribution in [0.1, 0.15) is 28.7 Å². The molecule has 0 unspecified atom stereocenters. The molecule has 0 aliphatic carbocycles. The molecule has 0 saturated carbocycles. The number of nitrogens with zero attached hydrogens (tertiary/aromatic N) is 1. The molecular weight excluding hydrogens is 404 g/mol. The first-order valence-corrected chi connectivity index (χ1v) is 8.49. The van der Waals surface area contributed by atoms with Gasteiger partial charge in [-0.3, -0.25) is 4.79 Å². The molecule has 2 rings (SSSR count). The molecule has 2 N–H and O–H groups in total. The molecule has 9 heteroatoms. The molecule has 0 fully saturated rings. The van der Waals surface area contributed by atoms with Crippen molar-refractivity contribution in [2.45, 2.75) is 25.9 Å². The summed E-state index contributed by atoms with van der Waals surface area (Å²) in [5, 5.41) is 13.8. The van der Waals surface area contributed by atoms with Gasteiger partial charge in [0.15, 0.2) is 0 Å². The zero-order valence-corrected chi connectivity index (χ0v) is 15.6. The first-order valence-electron chi connectivity index (χ1n) is 7.74. The van der Waals surface area contributed by atoms with Gasteiger partial charge < -0.3 is 5.11 Å². The quantitative estimate of drug-likeness (QED) is 0.523. The van der Waals surface area contributed by atoms with Crippen molar-refractivity contribution in [3.63, 3.8) is 0 Å². The number of carbonyl (C=O) groups excluding carboxylic acids is 1. The number of benzene rings is 2. The minimum atomic E-state index is -4.44. The van der Waals surface area contributed by atoms with Crippen LogP contribution < -0.4 is 5.43 Å². The summed E-state index contributed by atoms with van der Waals surface area (Å²) in [4.78, 5) is 11.8. The monoisotopic (exact) mass is 418 g/mol. The standard InChI is InChI=1S/C18H15Cl2F3N2O2/c1-10-4-11(6-13(5-10)18(21,22)23)2-3-16(26)25-24-9-12-7-14(19)8-15(20)17(12)27/h4-9,27H,2-3H2,1H3,(H,25,26)/b24-9+. The topological polar surface area (TPSA) is 61.7 Å². The number of phenolic OH excluding ortho intramolecular Hbond substituents is 1. The Morgan fingerprint density at radius 1 is 1.22 bits per heavy atom. The lowest BCUT2D eigenvalue weighted by atomic mass is 10.0. The minimum absolute atomic E-state index is 0.0372. The lowest BCUT2D eigenvalue weighted by molar-refractivity contribution is -0.137. The largest absolute Gasteiger partial charge is 0.506 e. The fourth-order valence-electron chi connectivity index (χ4n) is 2.34. The summed E-state index contributed by atoms with van der Waals surface area (Å²) in [7, 11) is 0. The summed E-state index contributed by atoms with van der Waals surface area (Å²) in [6, 6.07) is 6.43. The normalized spacial score (nSPS) is 11.8. The molecule has 0 bridgehead atoms. The number of phenols is 1. The number of alkyl halides is 3. The Kier molecular flexibility index (Phi) is 6.73. The number of hydrogen-bond acceptors (Lipinski definition) is 3. The van der Waals surface area contributed by atoms with Crippen LogP contribution in [0.4, 0.5) is 13.2 Å². The maximum atomic E-state index is 12.8. The molecule has 0 aromatic heterocycles. The number of halogens is 5. The fraction of sp³-hybridized carbons (Fsp3) is 0.222. The van der Waals surface area contributed by atoms with Crippen LogP contribution in [0.5, 0.6) is 5.75 Å². The van der Waals surface area contributed by atoms with Crippen molar-refractivity contribution in [3.05, 3.63) is 62.6 Å². The Morgan fingerprint density at radius 2 is 1.93 bits per heavy atom. The number of amides is 1. The summed E-state index contributed by atoms with van der Waals surface area (Å²) in [6.45, 7) is 1.56. The lowest BCUT2D eigenvalue weighted by Gasteiger charge is -2.10. The van der Waals surface area contributed by atoms with Crippen molar-refractivity contribution in [3.8, 4) is 5.75 Å². The average molecular weight is 419 g/mol. The molecule has 0 radical (unpaired) electrons. The summed E-state index contributed by atoms with van der Waals surface area (Å²) in [5.41, 5.74) is 2.57.